The molecule has 0 radical (unpaired) electrons. The van der Waals surface area contributed by atoms with Crippen LogP contribution in [0.25, 0.3) is 0 Å². The lowest BCUT2D eigenvalue weighted by Gasteiger charge is -2.35. The first-order chi connectivity index (χ1) is 9.66. The maximum atomic E-state index is 12.4. The Balaban J connectivity index is 1.52. The van der Waals surface area contributed by atoms with E-state index in [2.05, 4.69) is 23.7 Å². The molecule has 1 amide bonds. The second kappa shape index (κ2) is 5.86. The van der Waals surface area contributed by atoms with Gasteiger partial charge in [0.15, 0.2) is 0 Å². The summed E-state index contributed by atoms with van der Waals surface area (Å²) in [7, 11) is 0. The van der Waals surface area contributed by atoms with Crippen molar-refractivity contribution < 1.29 is 4.79 Å². The SMILES string of the molecule is CC1(NCC(=O)N2CCc3sccc3C2)CCCCC1. The van der Waals surface area contributed by atoms with E-state index in [4.69, 9.17) is 0 Å². The summed E-state index contributed by atoms with van der Waals surface area (Å²) in [4.78, 5) is 15.8. The van der Waals surface area contributed by atoms with Crippen LogP contribution in [-0.2, 0) is 17.8 Å². The second-order valence-corrected chi connectivity index (χ2v) is 7.41. The highest BCUT2D eigenvalue weighted by Crippen LogP contribution is 2.28. The second-order valence-electron chi connectivity index (χ2n) is 6.41. The number of hydrogen-bond acceptors (Lipinski definition) is 3. The molecule has 1 aromatic heterocycles. The third-order valence-corrected chi connectivity index (χ3v) is 5.81. The zero-order valence-corrected chi connectivity index (χ0v) is 13.1. The number of carbonyl (C=O) groups excluding carboxylic acids is 1. The monoisotopic (exact) mass is 292 g/mol. The van der Waals surface area contributed by atoms with Crippen molar-refractivity contribution in [2.45, 2.75) is 57.5 Å². The molecule has 2 heterocycles. The maximum Gasteiger partial charge on any atom is 0.236 e. The quantitative estimate of drug-likeness (QED) is 0.929. The van der Waals surface area contributed by atoms with Crippen LogP contribution in [0.3, 0.4) is 0 Å². The number of carbonyl (C=O) groups is 1. The molecule has 1 fully saturated rings. The van der Waals surface area contributed by atoms with E-state index in [0.29, 0.717) is 6.54 Å². The van der Waals surface area contributed by atoms with Crippen molar-refractivity contribution >= 4 is 17.2 Å². The van der Waals surface area contributed by atoms with Gasteiger partial charge in [0.1, 0.15) is 0 Å². The van der Waals surface area contributed by atoms with Gasteiger partial charge in [0.25, 0.3) is 0 Å². The van der Waals surface area contributed by atoms with Gasteiger partial charge in [-0.1, -0.05) is 19.3 Å². The average Bonchev–Trinajstić information content (AvgIpc) is 2.93. The third kappa shape index (κ3) is 3.07. The van der Waals surface area contributed by atoms with Gasteiger partial charge in [0.2, 0.25) is 5.91 Å². The van der Waals surface area contributed by atoms with Gasteiger partial charge in [-0.05, 0) is 43.2 Å². The molecule has 1 saturated carbocycles. The molecule has 0 unspecified atom stereocenters. The lowest BCUT2D eigenvalue weighted by Crippen LogP contribution is -2.49. The number of amides is 1. The Morgan fingerprint density at radius 1 is 1.40 bits per heavy atom. The van der Waals surface area contributed by atoms with E-state index in [1.165, 1.54) is 42.5 Å². The Morgan fingerprint density at radius 3 is 3.00 bits per heavy atom. The van der Waals surface area contributed by atoms with Crippen LogP contribution < -0.4 is 5.32 Å². The van der Waals surface area contributed by atoms with Gasteiger partial charge < -0.3 is 10.2 Å². The Kier molecular flexibility index (Phi) is 4.13. The van der Waals surface area contributed by atoms with Gasteiger partial charge in [-0.25, -0.2) is 0 Å². The Bertz CT molecular complexity index is 477. The molecule has 0 spiro atoms. The summed E-state index contributed by atoms with van der Waals surface area (Å²) < 4.78 is 0. The van der Waals surface area contributed by atoms with Crippen LogP contribution in [0, 0.1) is 0 Å². The molecule has 1 N–H and O–H groups in total. The minimum Gasteiger partial charge on any atom is -0.337 e. The predicted octanol–water partition coefficient (Wildman–Crippen LogP) is 2.95. The van der Waals surface area contributed by atoms with Crippen LogP contribution >= 0.6 is 11.3 Å². The Morgan fingerprint density at radius 2 is 2.20 bits per heavy atom. The van der Waals surface area contributed by atoms with Gasteiger partial charge in [0, 0.05) is 23.5 Å². The average molecular weight is 292 g/mol. The minimum absolute atomic E-state index is 0.178. The highest BCUT2D eigenvalue weighted by atomic mass is 32.1. The lowest BCUT2D eigenvalue weighted by molar-refractivity contribution is -0.131. The number of rotatable bonds is 3. The zero-order valence-electron chi connectivity index (χ0n) is 12.3. The molecule has 0 bridgehead atoms. The summed E-state index contributed by atoms with van der Waals surface area (Å²) in [6, 6.07) is 2.16. The first-order valence-corrected chi connectivity index (χ1v) is 8.62. The van der Waals surface area contributed by atoms with Crippen molar-refractivity contribution in [1.29, 1.82) is 0 Å². The Labute approximate surface area is 125 Å². The molecular formula is C16H24N2OS. The van der Waals surface area contributed by atoms with Crippen molar-refractivity contribution in [2.24, 2.45) is 0 Å². The molecule has 1 aliphatic heterocycles. The summed E-state index contributed by atoms with van der Waals surface area (Å²) >= 11 is 1.82. The predicted molar refractivity (Wildman–Crippen MR) is 82.9 cm³/mol. The molecule has 0 aromatic carbocycles. The minimum atomic E-state index is 0.178. The van der Waals surface area contributed by atoms with E-state index in [0.717, 1.165) is 19.5 Å². The van der Waals surface area contributed by atoms with E-state index in [-0.39, 0.29) is 11.4 Å². The van der Waals surface area contributed by atoms with Crippen molar-refractivity contribution in [2.75, 3.05) is 13.1 Å². The summed E-state index contributed by atoms with van der Waals surface area (Å²) in [5.74, 6) is 0.258. The molecule has 20 heavy (non-hydrogen) atoms. The zero-order chi connectivity index (χ0) is 14.0. The van der Waals surface area contributed by atoms with Crippen molar-refractivity contribution in [1.82, 2.24) is 10.2 Å². The smallest absolute Gasteiger partial charge is 0.236 e. The van der Waals surface area contributed by atoms with Gasteiger partial charge in [-0.3, -0.25) is 4.79 Å². The summed E-state index contributed by atoms with van der Waals surface area (Å²) in [5.41, 5.74) is 1.52. The van der Waals surface area contributed by atoms with Crippen LogP contribution in [0.1, 0.15) is 49.5 Å². The molecule has 0 saturated heterocycles. The van der Waals surface area contributed by atoms with Crippen LogP contribution in [-0.4, -0.2) is 29.4 Å². The van der Waals surface area contributed by atoms with Gasteiger partial charge in [-0.15, -0.1) is 11.3 Å². The highest BCUT2D eigenvalue weighted by molar-refractivity contribution is 7.10. The number of thiophene rings is 1. The van der Waals surface area contributed by atoms with E-state index >= 15 is 0 Å². The summed E-state index contributed by atoms with van der Waals surface area (Å²) in [6.07, 6.45) is 7.36. The molecule has 110 valence electrons. The summed E-state index contributed by atoms with van der Waals surface area (Å²) in [6.45, 7) is 4.45. The number of hydrogen-bond donors (Lipinski definition) is 1. The topological polar surface area (TPSA) is 32.3 Å². The fourth-order valence-electron chi connectivity index (χ4n) is 3.37. The fourth-order valence-corrected chi connectivity index (χ4v) is 4.26. The van der Waals surface area contributed by atoms with Crippen LogP contribution in [0.15, 0.2) is 11.4 Å². The van der Waals surface area contributed by atoms with Crippen molar-refractivity contribution in [3.8, 4) is 0 Å². The van der Waals surface area contributed by atoms with Gasteiger partial charge in [0.05, 0.1) is 6.54 Å². The van der Waals surface area contributed by atoms with E-state index < -0.39 is 0 Å². The van der Waals surface area contributed by atoms with Gasteiger partial charge >= 0.3 is 0 Å². The van der Waals surface area contributed by atoms with Crippen LogP contribution in [0.4, 0.5) is 0 Å². The highest BCUT2D eigenvalue weighted by Gasteiger charge is 2.28. The maximum absolute atomic E-state index is 12.4. The molecule has 2 aliphatic rings. The molecule has 4 heteroatoms. The van der Waals surface area contributed by atoms with E-state index in [1.807, 2.05) is 16.2 Å². The molecule has 1 aromatic rings. The molecule has 1 aliphatic carbocycles. The number of nitrogens with zero attached hydrogens (tertiary/aromatic N) is 1. The molecular weight excluding hydrogens is 268 g/mol. The number of fused-ring (bicyclic) bond motifs is 1. The number of nitrogens with one attached hydrogen (secondary N) is 1. The van der Waals surface area contributed by atoms with E-state index in [1.54, 1.807) is 0 Å². The Hall–Kier alpha value is -0.870. The molecule has 3 rings (SSSR count). The van der Waals surface area contributed by atoms with Crippen LogP contribution in [0.5, 0.6) is 0 Å². The van der Waals surface area contributed by atoms with E-state index in [9.17, 15) is 4.79 Å². The van der Waals surface area contributed by atoms with Gasteiger partial charge in [-0.2, -0.15) is 0 Å². The fraction of sp³-hybridized carbons (Fsp3) is 0.688. The molecule has 3 nitrogen and oxygen atoms in total. The largest absolute Gasteiger partial charge is 0.337 e. The molecule has 0 atom stereocenters. The third-order valence-electron chi connectivity index (χ3n) is 4.78. The normalized spacial score (nSPS) is 21.6. The standard InChI is InChI=1S/C16H24N2OS/c1-16(7-3-2-4-8-16)17-11-15(19)18-9-5-14-13(12-18)6-10-20-14/h6,10,17H,2-5,7-9,11-12H2,1H3. The van der Waals surface area contributed by atoms with Crippen LogP contribution in [0.2, 0.25) is 0 Å². The van der Waals surface area contributed by atoms with Crippen molar-refractivity contribution in [3.63, 3.8) is 0 Å². The lowest BCUT2D eigenvalue weighted by atomic mass is 9.83. The first-order valence-electron chi connectivity index (χ1n) is 7.74. The van der Waals surface area contributed by atoms with Crippen molar-refractivity contribution in [3.05, 3.63) is 21.9 Å². The first kappa shape index (κ1) is 14.1. The summed E-state index contributed by atoms with van der Waals surface area (Å²) in [5, 5.41) is 5.66.